The van der Waals surface area contributed by atoms with E-state index in [1.807, 2.05) is 13.8 Å². The largest absolute Gasteiger partial charge is 0.416 e. The van der Waals surface area contributed by atoms with Crippen molar-refractivity contribution < 1.29 is 18.0 Å². The van der Waals surface area contributed by atoms with Gasteiger partial charge < -0.3 is 5.32 Å². The van der Waals surface area contributed by atoms with Gasteiger partial charge in [0.15, 0.2) is 0 Å². The lowest BCUT2D eigenvalue weighted by molar-refractivity contribution is -0.137. The Hall–Kier alpha value is -2.13. The van der Waals surface area contributed by atoms with Crippen molar-refractivity contribution in [3.05, 3.63) is 46.1 Å². The molecule has 0 unspecified atom stereocenters. The number of hydrogen-bond donors (Lipinski definition) is 1. The number of halogens is 3. The molecule has 2 heterocycles. The lowest BCUT2D eigenvalue weighted by atomic mass is 10.2. The summed E-state index contributed by atoms with van der Waals surface area (Å²) in [7, 11) is 0. The Kier molecular flexibility index (Phi) is 5.43. The number of nitrogens with zero attached hydrogens (tertiary/aromatic N) is 2. The molecule has 0 atom stereocenters. The highest BCUT2D eigenvalue weighted by atomic mass is 32.2. The van der Waals surface area contributed by atoms with Gasteiger partial charge in [-0.1, -0.05) is 11.8 Å². The first-order valence-electron chi connectivity index (χ1n) is 7.99. The second-order valence-electron chi connectivity index (χ2n) is 5.95. The van der Waals surface area contributed by atoms with Gasteiger partial charge in [-0.3, -0.25) is 4.79 Å². The van der Waals surface area contributed by atoms with E-state index in [0.717, 1.165) is 37.8 Å². The molecule has 1 amide bonds. The average Bonchev–Trinajstić information content (AvgIpc) is 2.86. The quantitative estimate of drug-likeness (QED) is 0.463. The minimum atomic E-state index is -4.40. The first-order valence-corrected chi connectivity index (χ1v) is 9.79. The van der Waals surface area contributed by atoms with E-state index in [9.17, 15) is 18.0 Å². The van der Waals surface area contributed by atoms with E-state index in [4.69, 9.17) is 0 Å². The van der Waals surface area contributed by atoms with Gasteiger partial charge in [0.2, 0.25) is 5.91 Å². The molecule has 2 aromatic heterocycles. The van der Waals surface area contributed by atoms with E-state index in [1.54, 1.807) is 18.3 Å². The highest BCUT2D eigenvalue weighted by Crippen LogP contribution is 2.35. The number of benzene rings is 1. The van der Waals surface area contributed by atoms with Crippen LogP contribution in [0.1, 0.15) is 21.8 Å². The van der Waals surface area contributed by atoms with Crippen molar-refractivity contribution >= 4 is 44.9 Å². The molecule has 9 heteroatoms. The van der Waals surface area contributed by atoms with E-state index in [-0.39, 0.29) is 11.7 Å². The van der Waals surface area contributed by atoms with Crippen LogP contribution in [0.25, 0.3) is 10.2 Å². The summed E-state index contributed by atoms with van der Waals surface area (Å²) in [6.07, 6.45) is -4.40. The number of anilines is 1. The smallest absolute Gasteiger partial charge is 0.325 e. The number of alkyl halides is 3. The van der Waals surface area contributed by atoms with Crippen LogP contribution in [0.2, 0.25) is 0 Å². The second kappa shape index (κ2) is 7.47. The lowest BCUT2D eigenvalue weighted by Crippen LogP contribution is -2.14. The Labute approximate surface area is 162 Å². The van der Waals surface area contributed by atoms with Gasteiger partial charge in [-0.05, 0) is 50.6 Å². The lowest BCUT2D eigenvalue weighted by Gasteiger charge is -2.09. The number of thioether (sulfide) groups is 1. The minimum Gasteiger partial charge on any atom is -0.325 e. The molecule has 0 bridgehead atoms. The topological polar surface area (TPSA) is 54.9 Å². The summed E-state index contributed by atoms with van der Waals surface area (Å²) in [5.41, 5.74) is 0.665. The minimum absolute atomic E-state index is 0.0981. The van der Waals surface area contributed by atoms with Crippen LogP contribution in [0.5, 0.6) is 0 Å². The van der Waals surface area contributed by atoms with Crippen molar-refractivity contribution in [2.75, 3.05) is 11.1 Å². The van der Waals surface area contributed by atoms with E-state index in [2.05, 4.69) is 15.3 Å². The third kappa shape index (κ3) is 4.41. The van der Waals surface area contributed by atoms with Crippen molar-refractivity contribution in [2.24, 2.45) is 0 Å². The molecule has 0 fully saturated rings. The fraction of sp³-hybridized carbons (Fsp3) is 0.278. The fourth-order valence-corrected chi connectivity index (χ4v) is 4.56. The molecular formula is C18H16F3N3OS2. The average molecular weight is 411 g/mol. The fourth-order valence-electron chi connectivity index (χ4n) is 2.49. The Morgan fingerprint density at radius 1 is 1.15 bits per heavy atom. The van der Waals surface area contributed by atoms with E-state index < -0.39 is 11.7 Å². The first kappa shape index (κ1) is 19.6. The zero-order valence-electron chi connectivity index (χ0n) is 14.8. The SMILES string of the molecule is Cc1nc(SCC(=O)Nc2ccc(C(F)(F)F)cc2)c2c(C)c(C)sc2n1. The second-order valence-corrected chi connectivity index (χ2v) is 8.12. The van der Waals surface area contributed by atoms with Gasteiger partial charge in [-0.25, -0.2) is 9.97 Å². The van der Waals surface area contributed by atoms with Gasteiger partial charge in [-0.2, -0.15) is 13.2 Å². The zero-order chi connectivity index (χ0) is 19.8. The molecule has 3 aromatic rings. The molecule has 0 saturated carbocycles. The van der Waals surface area contributed by atoms with Gasteiger partial charge in [-0.15, -0.1) is 11.3 Å². The van der Waals surface area contributed by atoms with E-state index in [0.29, 0.717) is 11.5 Å². The van der Waals surface area contributed by atoms with Crippen molar-refractivity contribution in [2.45, 2.75) is 32.0 Å². The molecular weight excluding hydrogens is 395 g/mol. The van der Waals surface area contributed by atoms with Gasteiger partial charge in [0.1, 0.15) is 15.7 Å². The third-order valence-corrected chi connectivity index (χ3v) is 6.02. The standard InChI is InChI=1S/C18H16F3N3OS2/c1-9-10(2)27-17-15(9)16(22-11(3)23-17)26-8-14(25)24-13-6-4-12(5-7-13)18(19,20)21/h4-7H,8H2,1-3H3,(H,24,25). The number of nitrogens with one attached hydrogen (secondary N) is 1. The highest BCUT2D eigenvalue weighted by Gasteiger charge is 2.30. The van der Waals surface area contributed by atoms with Crippen LogP contribution in [0.4, 0.5) is 18.9 Å². The van der Waals surface area contributed by atoms with Crippen LogP contribution in [0.3, 0.4) is 0 Å². The van der Waals surface area contributed by atoms with E-state index in [1.165, 1.54) is 23.9 Å². The number of thiophene rings is 1. The predicted octanol–water partition coefficient (Wildman–Crippen LogP) is 5.37. The van der Waals surface area contributed by atoms with Crippen molar-refractivity contribution in [1.29, 1.82) is 0 Å². The summed E-state index contributed by atoms with van der Waals surface area (Å²) in [5, 5.41) is 4.30. The monoisotopic (exact) mass is 411 g/mol. The number of carbonyl (C=O) groups excluding carboxylic acids is 1. The van der Waals surface area contributed by atoms with Crippen molar-refractivity contribution in [1.82, 2.24) is 9.97 Å². The molecule has 3 rings (SSSR count). The molecule has 0 saturated heterocycles. The molecule has 0 aliphatic heterocycles. The number of fused-ring (bicyclic) bond motifs is 1. The summed E-state index contributed by atoms with van der Waals surface area (Å²) in [5.74, 6) is 0.421. The Balaban J connectivity index is 1.70. The molecule has 0 spiro atoms. The van der Waals surface area contributed by atoms with Gasteiger partial charge in [0, 0.05) is 16.0 Å². The normalized spacial score (nSPS) is 11.8. The highest BCUT2D eigenvalue weighted by molar-refractivity contribution is 8.00. The number of amides is 1. The summed E-state index contributed by atoms with van der Waals surface area (Å²) in [6.45, 7) is 5.82. The Morgan fingerprint density at radius 3 is 2.44 bits per heavy atom. The third-order valence-electron chi connectivity index (χ3n) is 3.94. The maximum atomic E-state index is 12.6. The number of carbonyl (C=O) groups is 1. The summed E-state index contributed by atoms with van der Waals surface area (Å²) >= 11 is 2.88. The van der Waals surface area contributed by atoms with Gasteiger partial charge >= 0.3 is 6.18 Å². The van der Waals surface area contributed by atoms with Crippen LogP contribution in [-0.4, -0.2) is 21.6 Å². The number of hydrogen-bond acceptors (Lipinski definition) is 5. The maximum Gasteiger partial charge on any atom is 0.416 e. The van der Waals surface area contributed by atoms with Crippen LogP contribution >= 0.6 is 23.1 Å². The molecule has 4 nitrogen and oxygen atoms in total. The maximum absolute atomic E-state index is 12.6. The van der Waals surface area contributed by atoms with Crippen LogP contribution < -0.4 is 5.32 Å². The van der Waals surface area contributed by atoms with Crippen LogP contribution in [-0.2, 0) is 11.0 Å². The molecule has 27 heavy (non-hydrogen) atoms. The molecule has 0 radical (unpaired) electrons. The molecule has 1 N–H and O–H groups in total. The summed E-state index contributed by atoms with van der Waals surface area (Å²) in [6, 6.07) is 4.37. The number of aryl methyl sites for hydroxylation is 3. The zero-order valence-corrected chi connectivity index (χ0v) is 16.4. The summed E-state index contributed by atoms with van der Waals surface area (Å²) in [4.78, 5) is 23.1. The van der Waals surface area contributed by atoms with Gasteiger partial charge in [0.05, 0.1) is 11.3 Å². The van der Waals surface area contributed by atoms with Crippen LogP contribution in [0.15, 0.2) is 29.3 Å². The van der Waals surface area contributed by atoms with Gasteiger partial charge in [0.25, 0.3) is 0 Å². The molecule has 142 valence electrons. The Bertz CT molecular complexity index is 998. The van der Waals surface area contributed by atoms with Crippen molar-refractivity contribution in [3.63, 3.8) is 0 Å². The number of aromatic nitrogens is 2. The first-order chi connectivity index (χ1) is 12.6. The summed E-state index contributed by atoms with van der Waals surface area (Å²) < 4.78 is 37.7. The van der Waals surface area contributed by atoms with Crippen molar-refractivity contribution in [3.8, 4) is 0 Å². The Morgan fingerprint density at radius 2 is 1.81 bits per heavy atom. The van der Waals surface area contributed by atoms with E-state index >= 15 is 0 Å². The van der Waals surface area contributed by atoms with Crippen LogP contribution in [0, 0.1) is 20.8 Å². The molecule has 1 aromatic carbocycles. The molecule has 0 aliphatic carbocycles. The number of rotatable bonds is 4. The predicted molar refractivity (Wildman–Crippen MR) is 102 cm³/mol. The molecule has 0 aliphatic rings.